The third-order valence-electron chi connectivity index (χ3n) is 2.69. The van der Waals surface area contributed by atoms with E-state index < -0.39 is 6.10 Å². The molecule has 1 N–H and O–H groups in total. The van der Waals surface area contributed by atoms with E-state index >= 15 is 0 Å². The molecule has 0 aliphatic rings. The Morgan fingerprint density at radius 1 is 1.29 bits per heavy atom. The largest absolute Gasteiger partial charge is 0.495 e. The van der Waals surface area contributed by atoms with Gasteiger partial charge in [0.2, 0.25) is 0 Å². The molecule has 1 heterocycles. The third kappa shape index (κ3) is 3.17. The maximum absolute atomic E-state index is 10.4. The first-order valence-electron chi connectivity index (χ1n) is 5.61. The fourth-order valence-corrected chi connectivity index (χ4v) is 1.90. The first-order chi connectivity index (χ1) is 7.91. The van der Waals surface area contributed by atoms with Crippen LogP contribution in [0.3, 0.4) is 0 Å². The van der Waals surface area contributed by atoms with Crippen molar-refractivity contribution in [1.29, 1.82) is 0 Å². The lowest BCUT2D eigenvalue weighted by atomic mass is 9.84. The summed E-state index contributed by atoms with van der Waals surface area (Å²) >= 11 is 0. The van der Waals surface area contributed by atoms with Crippen molar-refractivity contribution in [2.45, 2.75) is 33.0 Å². The molecule has 0 radical (unpaired) electrons. The molecule has 0 spiro atoms. The average Bonchev–Trinajstić information content (AvgIpc) is 2.27. The molecule has 4 nitrogen and oxygen atoms in total. The highest BCUT2D eigenvalue weighted by atomic mass is 16.5. The number of rotatable bonds is 4. The lowest BCUT2D eigenvalue weighted by Gasteiger charge is -2.33. The maximum Gasteiger partial charge on any atom is 0.143 e. The summed E-state index contributed by atoms with van der Waals surface area (Å²) < 4.78 is 10.6. The SMILES string of the molecule is COc1cccnc1C(O)C(OC)C(C)(C)C. The van der Waals surface area contributed by atoms with Crippen LogP contribution in [0, 0.1) is 5.41 Å². The zero-order chi connectivity index (χ0) is 13.1. The van der Waals surface area contributed by atoms with Crippen LogP contribution in [0.4, 0.5) is 0 Å². The van der Waals surface area contributed by atoms with Gasteiger partial charge in [-0.05, 0) is 17.5 Å². The van der Waals surface area contributed by atoms with Crippen LogP contribution in [0.25, 0.3) is 0 Å². The first kappa shape index (κ1) is 13.9. The number of ether oxygens (including phenoxy) is 2. The molecule has 0 saturated carbocycles. The van der Waals surface area contributed by atoms with E-state index in [1.54, 1.807) is 32.5 Å². The molecule has 1 rings (SSSR count). The summed E-state index contributed by atoms with van der Waals surface area (Å²) in [6, 6.07) is 3.55. The van der Waals surface area contributed by atoms with Crippen LogP contribution in [-0.4, -0.2) is 30.4 Å². The fraction of sp³-hybridized carbons (Fsp3) is 0.615. The van der Waals surface area contributed by atoms with Gasteiger partial charge in [0.15, 0.2) is 0 Å². The van der Waals surface area contributed by atoms with Gasteiger partial charge in [-0.1, -0.05) is 20.8 Å². The molecule has 0 fully saturated rings. The van der Waals surface area contributed by atoms with E-state index in [0.29, 0.717) is 11.4 Å². The standard InChI is InChI=1S/C13H21NO3/c1-13(2,3)12(17-5)11(15)10-9(16-4)7-6-8-14-10/h6-8,11-12,15H,1-5H3. The highest BCUT2D eigenvalue weighted by Crippen LogP contribution is 2.34. The smallest absolute Gasteiger partial charge is 0.143 e. The Hall–Kier alpha value is -1.13. The van der Waals surface area contributed by atoms with Crippen molar-refractivity contribution >= 4 is 0 Å². The van der Waals surface area contributed by atoms with Crippen molar-refractivity contribution in [3.05, 3.63) is 24.0 Å². The summed E-state index contributed by atoms with van der Waals surface area (Å²) in [6.45, 7) is 6.04. The van der Waals surface area contributed by atoms with E-state index in [9.17, 15) is 5.11 Å². The molecule has 96 valence electrons. The van der Waals surface area contributed by atoms with Gasteiger partial charge >= 0.3 is 0 Å². The Kier molecular flexibility index (Phi) is 4.48. The average molecular weight is 239 g/mol. The second-order valence-corrected chi connectivity index (χ2v) is 5.06. The maximum atomic E-state index is 10.4. The number of methoxy groups -OCH3 is 2. The van der Waals surface area contributed by atoms with Crippen LogP contribution in [0.5, 0.6) is 5.75 Å². The zero-order valence-electron chi connectivity index (χ0n) is 11.1. The van der Waals surface area contributed by atoms with Gasteiger partial charge in [-0.2, -0.15) is 0 Å². The van der Waals surface area contributed by atoms with Crippen molar-refractivity contribution in [2.24, 2.45) is 5.41 Å². The van der Waals surface area contributed by atoms with Gasteiger partial charge in [-0.15, -0.1) is 0 Å². The summed E-state index contributed by atoms with van der Waals surface area (Å²) in [5, 5.41) is 10.4. The van der Waals surface area contributed by atoms with Crippen molar-refractivity contribution in [3.8, 4) is 5.75 Å². The first-order valence-corrected chi connectivity index (χ1v) is 5.61. The molecule has 0 bridgehead atoms. The number of aliphatic hydroxyl groups excluding tert-OH is 1. The normalized spacial score (nSPS) is 15.4. The fourth-order valence-electron chi connectivity index (χ4n) is 1.90. The molecular weight excluding hydrogens is 218 g/mol. The van der Waals surface area contributed by atoms with Gasteiger partial charge in [0.05, 0.1) is 13.2 Å². The topological polar surface area (TPSA) is 51.6 Å². The number of hydrogen-bond acceptors (Lipinski definition) is 4. The highest BCUT2D eigenvalue weighted by molar-refractivity contribution is 5.29. The van der Waals surface area contributed by atoms with E-state index in [-0.39, 0.29) is 11.5 Å². The summed E-state index contributed by atoms with van der Waals surface area (Å²) in [5.74, 6) is 0.575. The quantitative estimate of drug-likeness (QED) is 0.875. The number of aromatic nitrogens is 1. The molecule has 1 aromatic heterocycles. The molecule has 0 saturated heterocycles. The van der Waals surface area contributed by atoms with Gasteiger partial charge in [0.1, 0.15) is 17.5 Å². The Balaban J connectivity index is 3.06. The van der Waals surface area contributed by atoms with Crippen LogP contribution in [0.2, 0.25) is 0 Å². The van der Waals surface area contributed by atoms with Gasteiger partial charge in [0.25, 0.3) is 0 Å². The van der Waals surface area contributed by atoms with Crippen LogP contribution in [0.15, 0.2) is 18.3 Å². The molecule has 0 aromatic carbocycles. The number of hydrogen-bond donors (Lipinski definition) is 1. The van der Waals surface area contributed by atoms with Crippen molar-refractivity contribution in [2.75, 3.05) is 14.2 Å². The van der Waals surface area contributed by atoms with Crippen LogP contribution < -0.4 is 4.74 Å². The molecule has 4 heteroatoms. The van der Waals surface area contributed by atoms with Gasteiger partial charge < -0.3 is 14.6 Å². The predicted molar refractivity (Wildman–Crippen MR) is 66.0 cm³/mol. The van der Waals surface area contributed by atoms with E-state index in [4.69, 9.17) is 9.47 Å². The summed E-state index contributed by atoms with van der Waals surface area (Å²) in [6.07, 6.45) is 0.485. The lowest BCUT2D eigenvalue weighted by molar-refractivity contribution is -0.0746. The van der Waals surface area contributed by atoms with Crippen LogP contribution >= 0.6 is 0 Å². The van der Waals surface area contributed by atoms with E-state index in [1.165, 1.54) is 0 Å². The predicted octanol–water partition coefficient (Wildman–Crippen LogP) is 2.18. The van der Waals surface area contributed by atoms with Gasteiger partial charge in [-0.25, -0.2) is 0 Å². The zero-order valence-corrected chi connectivity index (χ0v) is 11.1. The summed E-state index contributed by atoms with van der Waals surface area (Å²) in [4.78, 5) is 4.18. The van der Waals surface area contributed by atoms with Crippen molar-refractivity contribution < 1.29 is 14.6 Å². The Labute approximate surface area is 103 Å². The monoisotopic (exact) mass is 239 g/mol. The van der Waals surface area contributed by atoms with Crippen LogP contribution in [0.1, 0.15) is 32.6 Å². The Morgan fingerprint density at radius 3 is 2.41 bits per heavy atom. The minimum atomic E-state index is -0.809. The van der Waals surface area contributed by atoms with Gasteiger partial charge in [0, 0.05) is 13.3 Å². The minimum absolute atomic E-state index is 0.184. The van der Waals surface area contributed by atoms with E-state index in [0.717, 1.165) is 0 Å². The molecule has 1 aromatic rings. The number of pyridine rings is 1. The summed E-state index contributed by atoms with van der Waals surface area (Å²) in [7, 11) is 3.15. The number of aliphatic hydroxyl groups is 1. The van der Waals surface area contributed by atoms with Crippen LogP contribution in [-0.2, 0) is 4.74 Å². The second-order valence-electron chi connectivity index (χ2n) is 5.06. The lowest BCUT2D eigenvalue weighted by Crippen LogP contribution is -2.34. The van der Waals surface area contributed by atoms with Gasteiger partial charge in [-0.3, -0.25) is 4.98 Å². The van der Waals surface area contributed by atoms with E-state index in [2.05, 4.69) is 4.98 Å². The molecule has 0 aliphatic carbocycles. The third-order valence-corrected chi connectivity index (χ3v) is 2.69. The van der Waals surface area contributed by atoms with Crippen molar-refractivity contribution in [1.82, 2.24) is 4.98 Å². The molecule has 2 unspecified atom stereocenters. The minimum Gasteiger partial charge on any atom is -0.495 e. The molecule has 17 heavy (non-hydrogen) atoms. The number of nitrogens with zero attached hydrogens (tertiary/aromatic N) is 1. The van der Waals surface area contributed by atoms with E-state index in [1.807, 2.05) is 20.8 Å². The molecule has 2 atom stereocenters. The Bertz CT molecular complexity index is 360. The highest BCUT2D eigenvalue weighted by Gasteiger charge is 2.34. The second kappa shape index (κ2) is 5.47. The molecular formula is C13H21NO3. The Morgan fingerprint density at radius 2 is 1.94 bits per heavy atom. The molecule has 0 amide bonds. The van der Waals surface area contributed by atoms with Crippen molar-refractivity contribution in [3.63, 3.8) is 0 Å². The summed E-state index contributed by atoms with van der Waals surface area (Å²) in [5.41, 5.74) is 0.327. The molecule has 0 aliphatic heterocycles.